The number of halogens is 1. The van der Waals surface area contributed by atoms with Gasteiger partial charge in [-0.3, -0.25) is 15.0 Å². The Kier molecular flexibility index (Phi) is 7.36. The molecule has 1 saturated heterocycles. The Morgan fingerprint density at radius 1 is 0.919 bits per heavy atom. The maximum atomic E-state index is 13.5. The number of piperazine rings is 1. The van der Waals surface area contributed by atoms with Gasteiger partial charge in [0.05, 0.1) is 17.7 Å². The first-order valence-electron chi connectivity index (χ1n) is 12.1. The molecule has 10 heteroatoms. The Morgan fingerprint density at radius 3 is 2.35 bits per heavy atom. The Bertz CT molecular complexity index is 1310. The zero-order valence-electron chi connectivity index (χ0n) is 20.2. The first kappa shape index (κ1) is 24.4. The summed E-state index contributed by atoms with van der Waals surface area (Å²) >= 11 is 0. The van der Waals surface area contributed by atoms with Crippen molar-refractivity contribution in [3.63, 3.8) is 0 Å². The van der Waals surface area contributed by atoms with Gasteiger partial charge in [-0.1, -0.05) is 42.5 Å². The van der Waals surface area contributed by atoms with Gasteiger partial charge in [0, 0.05) is 39.3 Å². The lowest BCUT2D eigenvalue weighted by molar-refractivity contribution is -0.383. The number of nitro groups is 1. The molecule has 0 aliphatic carbocycles. The van der Waals surface area contributed by atoms with Crippen molar-refractivity contribution < 1.29 is 13.7 Å². The molecule has 0 bridgehead atoms. The fourth-order valence-corrected chi connectivity index (χ4v) is 4.55. The summed E-state index contributed by atoms with van der Waals surface area (Å²) in [6.45, 7) is 4.12. The van der Waals surface area contributed by atoms with E-state index >= 15 is 0 Å². The van der Waals surface area contributed by atoms with Gasteiger partial charge in [0.25, 0.3) is 0 Å². The molecule has 0 unspecified atom stereocenters. The molecule has 0 N–H and O–H groups in total. The molecule has 0 spiro atoms. The molecule has 2 aromatic heterocycles. The Hall–Kier alpha value is -4.31. The largest absolute Gasteiger partial charge is 0.467 e. The quantitative estimate of drug-likeness (QED) is 0.241. The summed E-state index contributed by atoms with van der Waals surface area (Å²) in [7, 11) is 0. The van der Waals surface area contributed by atoms with E-state index in [-0.39, 0.29) is 30.4 Å². The van der Waals surface area contributed by atoms with Crippen LogP contribution in [0.2, 0.25) is 0 Å². The third kappa shape index (κ3) is 5.92. The molecule has 37 heavy (non-hydrogen) atoms. The highest BCUT2D eigenvalue weighted by atomic mass is 19.1. The van der Waals surface area contributed by atoms with Crippen LogP contribution in [0, 0.1) is 15.9 Å². The van der Waals surface area contributed by atoms with E-state index in [1.165, 1.54) is 24.0 Å². The summed E-state index contributed by atoms with van der Waals surface area (Å²) in [6, 6.07) is 19.9. The van der Waals surface area contributed by atoms with Crippen molar-refractivity contribution >= 4 is 17.3 Å². The van der Waals surface area contributed by atoms with Crippen molar-refractivity contribution in [1.29, 1.82) is 0 Å². The van der Waals surface area contributed by atoms with Crippen LogP contribution >= 0.6 is 0 Å². The minimum atomic E-state index is -0.416. The Labute approximate surface area is 213 Å². The Balaban J connectivity index is 1.40. The first-order valence-corrected chi connectivity index (χ1v) is 12.1. The van der Waals surface area contributed by atoms with Crippen LogP contribution in [0.3, 0.4) is 0 Å². The fourth-order valence-electron chi connectivity index (χ4n) is 4.55. The van der Waals surface area contributed by atoms with Crippen LogP contribution in [-0.2, 0) is 19.6 Å². The van der Waals surface area contributed by atoms with Gasteiger partial charge in [-0.25, -0.2) is 14.4 Å². The van der Waals surface area contributed by atoms with E-state index in [2.05, 4.69) is 27.0 Å². The van der Waals surface area contributed by atoms with E-state index < -0.39 is 4.92 Å². The van der Waals surface area contributed by atoms with Gasteiger partial charge in [0.1, 0.15) is 17.9 Å². The molecule has 0 atom stereocenters. The van der Waals surface area contributed by atoms with E-state index in [4.69, 9.17) is 4.42 Å². The maximum absolute atomic E-state index is 13.5. The van der Waals surface area contributed by atoms with E-state index in [1.54, 1.807) is 35.4 Å². The molecule has 3 heterocycles. The average molecular weight is 503 g/mol. The molecule has 1 aliphatic rings. The molecule has 4 aromatic rings. The molecular weight excluding hydrogens is 475 g/mol. The third-order valence-electron chi connectivity index (χ3n) is 6.40. The lowest BCUT2D eigenvalue weighted by Crippen LogP contribution is -2.46. The molecule has 0 saturated carbocycles. The number of benzene rings is 2. The van der Waals surface area contributed by atoms with Gasteiger partial charge in [-0.2, -0.15) is 0 Å². The SMILES string of the molecule is O=[N+]([O-])c1c(N2CCN(Cc3ccccc3)CC2)ncnc1N(Cc1ccc(F)cc1)Cc1ccco1. The monoisotopic (exact) mass is 502 g/mol. The summed E-state index contributed by atoms with van der Waals surface area (Å²) in [5.41, 5.74) is 1.88. The van der Waals surface area contributed by atoms with Gasteiger partial charge in [-0.05, 0) is 35.4 Å². The maximum Gasteiger partial charge on any atom is 0.353 e. The Morgan fingerprint density at radius 2 is 1.68 bits per heavy atom. The van der Waals surface area contributed by atoms with Crippen molar-refractivity contribution in [3.05, 3.63) is 112 Å². The van der Waals surface area contributed by atoms with E-state index in [0.29, 0.717) is 24.7 Å². The van der Waals surface area contributed by atoms with E-state index in [9.17, 15) is 14.5 Å². The van der Waals surface area contributed by atoms with Crippen molar-refractivity contribution in [1.82, 2.24) is 14.9 Å². The summed E-state index contributed by atoms with van der Waals surface area (Å²) in [5.74, 6) is 0.787. The van der Waals surface area contributed by atoms with Crippen LogP contribution in [0.4, 0.5) is 21.7 Å². The lowest BCUT2D eigenvalue weighted by atomic mass is 10.2. The number of aromatic nitrogens is 2. The predicted molar refractivity (Wildman–Crippen MR) is 138 cm³/mol. The molecule has 190 valence electrons. The molecular formula is C27H27FN6O3. The van der Waals surface area contributed by atoms with Crippen LogP contribution in [0.5, 0.6) is 0 Å². The zero-order chi connectivity index (χ0) is 25.6. The van der Waals surface area contributed by atoms with Crippen molar-refractivity contribution in [3.8, 4) is 0 Å². The highest BCUT2D eigenvalue weighted by Gasteiger charge is 2.32. The lowest BCUT2D eigenvalue weighted by Gasteiger charge is -2.35. The number of furan rings is 1. The normalized spacial score (nSPS) is 14.0. The molecule has 5 rings (SSSR count). The minimum absolute atomic E-state index is 0.146. The predicted octanol–water partition coefficient (Wildman–Crippen LogP) is 4.65. The number of hydrogen-bond acceptors (Lipinski definition) is 8. The van der Waals surface area contributed by atoms with Gasteiger partial charge >= 0.3 is 5.69 Å². The van der Waals surface area contributed by atoms with Crippen LogP contribution in [0.15, 0.2) is 83.7 Å². The molecule has 0 radical (unpaired) electrons. The summed E-state index contributed by atoms with van der Waals surface area (Å²) in [4.78, 5) is 26.7. The molecule has 0 amide bonds. The van der Waals surface area contributed by atoms with Crippen molar-refractivity contribution in [2.45, 2.75) is 19.6 Å². The molecule has 1 fully saturated rings. The fraction of sp³-hybridized carbons (Fsp3) is 0.259. The standard InChI is InChI=1S/C27H27FN6O3/c28-23-10-8-22(9-11-23)18-33(19-24-7-4-16-37-24)27-25(34(35)36)26(29-20-30-27)32-14-12-31(13-15-32)17-21-5-2-1-3-6-21/h1-11,16,20H,12-15,17-19H2. The van der Waals surface area contributed by atoms with Gasteiger partial charge in [0.15, 0.2) is 0 Å². The van der Waals surface area contributed by atoms with E-state index in [0.717, 1.165) is 25.2 Å². The smallest absolute Gasteiger partial charge is 0.353 e. The van der Waals surface area contributed by atoms with Crippen LogP contribution in [0.25, 0.3) is 0 Å². The second-order valence-electron chi connectivity index (χ2n) is 8.94. The van der Waals surface area contributed by atoms with Gasteiger partial charge in [-0.15, -0.1) is 0 Å². The van der Waals surface area contributed by atoms with E-state index in [1.807, 2.05) is 23.1 Å². The first-order chi connectivity index (χ1) is 18.1. The topological polar surface area (TPSA) is 91.8 Å². The number of hydrogen-bond donors (Lipinski definition) is 0. The van der Waals surface area contributed by atoms with Crippen LogP contribution in [0.1, 0.15) is 16.9 Å². The summed E-state index contributed by atoms with van der Waals surface area (Å²) in [5, 5.41) is 12.4. The molecule has 1 aliphatic heterocycles. The summed E-state index contributed by atoms with van der Waals surface area (Å²) in [6.07, 6.45) is 2.92. The van der Waals surface area contributed by atoms with Crippen molar-refractivity contribution in [2.24, 2.45) is 0 Å². The van der Waals surface area contributed by atoms with Crippen LogP contribution < -0.4 is 9.80 Å². The third-order valence-corrected chi connectivity index (χ3v) is 6.40. The second-order valence-corrected chi connectivity index (χ2v) is 8.94. The number of anilines is 2. The minimum Gasteiger partial charge on any atom is -0.467 e. The van der Waals surface area contributed by atoms with Gasteiger partial charge < -0.3 is 14.2 Å². The number of nitrogens with zero attached hydrogens (tertiary/aromatic N) is 6. The van der Waals surface area contributed by atoms with Crippen molar-refractivity contribution in [2.75, 3.05) is 36.0 Å². The zero-order valence-corrected chi connectivity index (χ0v) is 20.2. The molecule has 2 aromatic carbocycles. The van der Waals surface area contributed by atoms with Crippen LogP contribution in [-0.4, -0.2) is 46.0 Å². The highest BCUT2D eigenvalue weighted by Crippen LogP contribution is 2.36. The highest BCUT2D eigenvalue weighted by molar-refractivity contribution is 5.71. The summed E-state index contributed by atoms with van der Waals surface area (Å²) < 4.78 is 19.0. The molecule has 9 nitrogen and oxygen atoms in total. The van der Waals surface area contributed by atoms with Gasteiger partial charge in [0.2, 0.25) is 11.6 Å². The second kappa shape index (κ2) is 11.2. The average Bonchev–Trinajstić information content (AvgIpc) is 3.43. The number of rotatable bonds is 9.